The Labute approximate surface area is 118 Å². The Morgan fingerprint density at radius 1 is 1.20 bits per heavy atom. The average molecular weight is 272 g/mol. The molecular weight excluding hydrogens is 255 g/mol. The van der Waals surface area contributed by atoms with Crippen molar-refractivity contribution in [3.8, 4) is 5.75 Å². The van der Waals surface area contributed by atoms with Crippen molar-refractivity contribution in [1.82, 2.24) is 0 Å². The van der Waals surface area contributed by atoms with Gasteiger partial charge in [0.15, 0.2) is 0 Å². The van der Waals surface area contributed by atoms with Crippen LogP contribution in [0.4, 0.5) is 4.39 Å². The van der Waals surface area contributed by atoms with Crippen LogP contribution in [0.2, 0.25) is 0 Å². The molecule has 2 aromatic carbocycles. The second kappa shape index (κ2) is 6.87. The lowest BCUT2D eigenvalue weighted by Crippen LogP contribution is -2.01. The second-order valence-electron chi connectivity index (χ2n) is 4.48. The number of ether oxygens (including phenoxy) is 1. The van der Waals surface area contributed by atoms with Crippen molar-refractivity contribution in [2.75, 3.05) is 6.61 Å². The van der Waals surface area contributed by atoms with Crippen LogP contribution in [0.5, 0.6) is 5.75 Å². The molecule has 0 aliphatic rings. The third kappa shape index (κ3) is 3.93. The third-order valence-corrected chi connectivity index (χ3v) is 2.87. The van der Waals surface area contributed by atoms with Gasteiger partial charge in [-0.2, -0.15) is 0 Å². The maximum absolute atomic E-state index is 13.2. The van der Waals surface area contributed by atoms with Crippen molar-refractivity contribution in [2.45, 2.75) is 13.0 Å². The SMILES string of the molecule is C[C@@H](O)c1ccc(F)cc1OCC=Cc1ccccc1. The van der Waals surface area contributed by atoms with Crippen molar-refractivity contribution in [3.63, 3.8) is 0 Å². The van der Waals surface area contributed by atoms with Crippen LogP contribution in [-0.4, -0.2) is 11.7 Å². The molecule has 3 heteroatoms. The van der Waals surface area contributed by atoms with E-state index < -0.39 is 6.10 Å². The molecule has 0 amide bonds. The van der Waals surface area contributed by atoms with E-state index in [1.165, 1.54) is 18.2 Å². The summed E-state index contributed by atoms with van der Waals surface area (Å²) in [5.74, 6) is -0.00542. The number of rotatable bonds is 5. The van der Waals surface area contributed by atoms with Crippen LogP contribution in [0, 0.1) is 5.82 Å². The largest absolute Gasteiger partial charge is 0.489 e. The molecule has 1 atom stereocenters. The zero-order valence-electron chi connectivity index (χ0n) is 11.3. The van der Waals surface area contributed by atoms with Crippen LogP contribution in [0.1, 0.15) is 24.2 Å². The van der Waals surface area contributed by atoms with Gasteiger partial charge in [0, 0.05) is 11.6 Å². The van der Waals surface area contributed by atoms with E-state index in [2.05, 4.69) is 0 Å². The highest BCUT2D eigenvalue weighted by atomic mass is 19.1. The maximum atomic E-state index is 13.2. The Hall–Kier alpha value is -2.13. The summed E-state index contributed by atoms with van der Waals surface area (Å²) in [6.07, 6.45) is 3.09. The molecule has 20 heavy (non-hydrogen) atoms. The number of benzene rings is 2. The highest BCUT2D eigenvalue weighted by molar-refractivity contribution is 5.48. The standard InChI is InChI=1S/C17H17FO2/c1-13(19)16-10-9-15(18)12-17(16)20-11-5-8-14-6-3-2-4-7-14/h2-10,12-13,19H,11H2,1H3/t13-/m1/s1. The van der Waals surface area contributed by atoms with Crippen molar-refractivity contribution < 1.29 is 14.2 Å². The number of aliphatic hydroxyl groups excluding tert-OH is 1. The summed E-state index contributed by atoms with van der Waals surface area (Å²) < 4.78 is 18.7. The Kier molecular flexibility index (Phi) is 4.91. The zero-order valence-corrected chi connectivity index (χ0v) is 11.3. The summed E-state index contributed by atoms with van der Waals surface area (Å²) >= 11 is 0. The first-order chi connectivity index (χ1) is 9.66. The molecular formula is C17H17FO2. The van der Waals surface area contributed by atoms with Gasteiger partial charge in [-0.25, -0.2) is 4.39 Å². The summed E-state index contributed by atoms with van der Waals surface area (Å²) in [5.41, 5.74) is 1.66. The molecule has 0 radical (unpaired) electrons. The molecule has 0 aliphatic heterocycles. The normalized spacial score (nSPS) is 12.6. The Morgan fingerprint density at radius 3 is 2.65 bits per heavy atom. The van der Waals surface area contributed by atoms with Gasteiger partial charge in [0.05, 0.1) is 6.10 Å². The molecule has 0 unspecified atom stereocenters. The number of aliphatic hydroxyl groups is 1. The Bertz CT molecular complexity index is 577. The summed E-state index contributed by atoms with van der Waals surface area (Å²) in [6, 6.07) is 14.0. The summed E-state index contributed by atoms with van der Waals surface area (Å²) in [6.45, 7) is 1.94. The smallest absolute Gasteiger partial charge is 0.128 e. The summed E-state index contributed by atoms with van der Waals surface area (Å²) in [5, 5.41) is 9.61. The topological polar surface area (TPSA) is 29.5 Å². The average Bonchev–Trinajstić information content (AvgIpc) is 2.44. The van der Waals surface area contributed by atoms with E-state index in [4.69, 9.17) is 4.74 Å². The van der Waals surface area contributed by atoms with Gasteiger partial charge in [0.25, 0.3) is 0 Å². The molecule has 0 bridgehead atoms. The number of halogens is 1. The number of hydrogen-bond donors (Lipinski definition) is 1. The van der Waals surface area contributed by atoms with Gasteiger partial charge in [-0.3, -0.25) is 0 Å². The first-order valence-corrected chi connectivity index (χ1v) is 6.48. The fourth-order valence-electron chi connectivity index (χ4n) is 1.86. The maximum Gasteiger partial charge on any atom is 0.128 e. The molecule has 104 valence electrons. The van der Waals surface area contributed by atoms with Crippen molar-refractivity contribution in [1.29, 1.82) is 0 Å². The fourth-order valence-corrected chi connectivity index (χ4v) is 1.86. The third-order valence-electron chi connectivity index (χ3n) is 2.87. The fraction of sp³-hybridized carbons (Fsp3) is 0.176. The van der Waals surface area contributed by atoms with E-state index >= 15 is 0 Å². The Morgan fingerprint density at radius 2 is 1.95 bits per heavy atom. The van der Waals surface area contributed by atoms with Crippen LogP contribution >= 0.6 is 0 Å². The molecule has 0 heterocycles. The van der Waals surface area contributed by atoms with Gasteiger partial charge >= 0.3 is 0 Å². The minimum absolute atomic E-state index is 0.318. The minimum atomic E-state index is -0.691. The van der Waals surface area contributed by atoms with E-state index in [-0.39, 0.29) is 5.82 Å². The van der Waals surface area contributed by atoms with Gasteiger partial charge in [0.2, 0.25) is 0 Å². The lowest BCUT2D eigenvalue weighted by molar-refractivity contribution is 0.192. The van der Waals surface area contributed by atoms with Gasteiger partial charge < -0.3 is 9.84 Å². The zero-order chi connectivity index (χ0) is 14.4. The summed E-state index contributed by atoms with van der Waals surface area (Å²) in [7, 11) is 0. The molecule has 0 saturated heterocycles. The van der Waals surface area contributed by atoms with Gasteiger partial charge in [-0.15, -0.1) is 0 Å². The van der Waals surface area contributed by atoms with Crippen LogP contribution in [0.15, 0.2) is 54.6 Å². The minimum Gasteiger partial charge on any atom is -0.489 e. The van der Waals surface area contributed by atoms with E-state index in [0.717, 1.165) is 5.56 Å². The lowest BCUT2D eigenvalue weighted by Gasteiger charge is -2.12. The highest BCUT2D eigenvalue weighted by Crippen LogP contribution is 2.26. The predicted octanol–water partition coefficient (Wildman–Crippen LogP) is 3.97. The van der Waals surface area contributed by atoms with Crippen LogP contribution < -0.4 is 4.74 Å². The van der Waals surface area contributed by atoms with Crippen LogP contribution in [-0.2, 0) is 0 Å². The second-order valence-corrected chi connectivity index (χ2v) is 4.48. The van der Waals surface area contributed by atoms with Crippen molar-refractivity contribution >= 4 is 6.08 Å². The first kappa shape index (κ1) is 14.3. The molecule has 0 aromatic heterocycles. The lowest BCUT2D eigenvalue weighted by atomic mass is 10.1. The molecule has 0 spiro atoms. The van der Waals surface area contributed by atoms with E-state index in [0.29, 0.717) is 17.9 Å². The van der Waals surface area contributed by atoms with E-state index in [1.54, 1.807) is 6.92 Å². The van der Waals surface area contributed by atoms with Crippen LogP contribution in [0.3, 0.4) is 0 Å². The molecule has 0 saturated carbocycles. The van der Waals surface area contributed by atoms with Crippen LogP contribution in [0.25, 0.3) is 6.08 Å². The van der Waals surface area contributed by atoms with Gasteiger partial charge in [-0.1, -0.05) is 36.4 Å². The van der Waals surface area contributed by atoms with Crippen molar-refractivity contribution in [2.24, 2.45) is 0 Å². The molecule has 0 aliphatic carbocycles. The Balaban J connectivity index is 2.00. The van der Waals surface area contributed by atoms with Gasteiger partial charge in [0.1, 0.15) is 18.2 Å². The quantitative estimate of drug-likeness (QED) is 0.892. The molecule has 2 aromatic rings. The molecule has 2 rings (SSSR count). The highest BCUT2D eigenvalue weighted by Gasteiger charge is 2.09. The molecule has 1 N–H and O–H groups in total. The monoisotopic (exact) mass is 272 g/mol. The molecule has 2 nitrogen and oxygen atoms in total. The van der Waals surface area contributed by atoms with Crippen molar-refractivity contribution in [3.05, 3.63) is 71.6 Å². The number of hydrogen-bond acceptors (Lipinski definition) is 2. The first-order valence-electron chi connectivity index (χ1n) is 6.48. The van der Waals surface area contributed by atoms with Gasteiger partial charge in [-0.05, 0) is 30.7 Å². The summed E-state index contributed by atoms with van der Waals surface area (Å²) in [4.78, 5) is 0. The van der Waals surface area contributed by atoms with E-state index in [1.807, 2.05) is 42.5 Å². The molecule has 0 fully saturated rings. The predicted molar refractivity (Wildman–Crippen MR) is 78.0 cm³/mol. The van der Waals surface area contributed by atoms with E-state index in [9.17, 15) is 9.50 Å².